The fourth-order valence-electron chi connectivity index (χ4n) is 2.15. The van der Waals surface area contributed by atoms with Gasteiger partial charge in [0, 0.05) is 0 Å². The van der Waals surface area contributed by atoms with E-state index < -0.39 is 0 Å². The van der Waals surface area contributed by atoms with E-state index in [1.54, 1.807) is 7.11 Å². The van der Waals surface area contributed by atoms with Crippen molar-refractivity contribution in [3.05, 3.63) is 65.2 Å². The number of aryl methyl sites for hydroxylation is 1. The molecule has 1 unspecified atom stereocenters. The third-order valence-corrected chi connectivity index (χ3v) is 3.25. The molecule has 0 fully saturated rings. The minimum Gasteiger partial charge on any atom is -0.497 e. The molecule has 0 saturated carbocycles. The van der Waals surface area contributed by atoms with E-state index in [4.69, 9.17) is 10.5 Å². The molecule has 2 heteroatoms. The third-order valence-electron chi connectivity index (χ3n) is 3.25. The lowest BCUT2D eigenvalue weighted by Gasteiger charge is -2.16. The molecule has 0 aliphatic heterocycles. The summed E-state index contributed by atoms with van der Waals surface area (Å²) in [6.45, 7) is 2.15. The average molecular weight is 241 g/mol. The van der Waals surface area contributed by atoms with Gasteiger partial charge in [0.05, 0.1) is 13.2 Å². The fourth-order valence-corrected chi connectivity index (χ4v) is 2.15. The fraction of sp³-hybridized carbons (Fsp3) is 0.250. The number of hydrogen-bond acceptors (Lipinski definition) is 2. The van der Waals surface area contributed by atoms with E-state index in [1.807, 2.05) is 30.3 Å². The SMILES string of the molecule is CCc1ccccc1C(N)c1ccc(OC)cc1. The van der Waals surface area contributed by atoms with Gasteiger partial charge in [-0.15, -0.1) is 0 Å². The Kier molecular flexibility index (Phi) is 4.00. The number of methoxy groups -OCH3 is 1. The van der Waals surface area contributed by atoms with E-state index in [0.717, 1.165) is 17.7 Å². The van der Waals surface area contributed by atoms with Crippen molar-refractivity contribution in [2.24, 2.45) is 5.73 Å². The molecule has 2 nitrogen and oxygen atoms in total. The minimum absolute atomic E-state index is 0.0768. The maximum absolute atomic E-state index is 6.34. The molecule has 0 aliphatic rings. The first-order valence-corrected chi connectivity index (χ1v) is 6.23. The van der Waals surface area contributed by atoms with Gasteiger partial charge in [0.2, 0.25) is 0 Å². The summed E-state index contributed by atoms with van der Waals surface area (Å²) in [5, 5.41) is 0. The van der Waals surface area contributed by atoms with Crippen molar-refractivity contribution in [1.29, 1.82) is 0 Å². The predicted molar refractivity (Wildman–Crippen MR) is 74.8 cm³/mol. The van der Waals surface area contributed by atoms with Crippen molar-refractivity contribution in [2.75, 3.05) is 7.11 Å². The smallest absolute Gasteiger partial charge is 0.118 e. The van der Waals surface area contributed by atoms with Crippen LogP contribution in [-0.2, 0) is 6.42 Å². The highest BCUT2D eigenvalue weighted by molar-refractivity contribution is 5.39. The quantitative estimate of drug-likeness (QED) is 0.891. The second-order valence-electron chi connectivity index (χ2n) is 4.30. The van der Waals surface area contributed by atoms with Crippen LogP contribution >= 0.6 is 0 Å². The van der Waals surface area contributed by atoms with E-state index in [0.29, 0.717) is 0 Å². The zero-order valence-corrected chi connectivity index (χ0v) is 10.9. The van der Waals surface area contributed by atoms with Gasteiger partial charge in [0.15, 0.2) is 0 Å². The van der Waals surface area contributed by atoms with Gasteiger partial charge < -0.3 is 10.5 Å². The minimum atomic E-state index is -0.0768. The summed E-state index contributed by atoms with van der Waals surface area (Å²) in [6, 6.07) is 16.2. The Labute approximate surface area is 108 Å². The largest absolute Gasteiger partial charge is 0.497 e. The van der Waals surface area contributed by atoms with Crippen LogP contribution in [0.2, 0.25) is 0 Å². The molecule has 0 saturated heterocycles. The Balaban J connectivity index is 2.31. The average Bonchev–Trinajstić information content (AvgIpc) is 2.46. The molecular formula is C16H19NO. The van der Waals surface area contributed by atoms with Crippen LogP contribution in [-0.4, -0.2) is 7.11 Å². The molecular weight excluding hydrogens is 222 g/mol. The van der Waals surface area contributed by atoms with Gasteiger partial charge in [-0.05, 0) is 35.2 Å². The van der Waals surface area contributed by atoms with Crippen molar-refractivity contribution in [3.8, 4) is 5.75 Å². The Morgan fingerprint density at radius 3 is 2.33 bits per heavy atom. The predicted octanol–water partition coefficient (Wildman–Crippen LogP) is 3.31. The van der Waals surface area contributed by atoms with Crippen molar-refractivity contribution in [3.63, 3.8) is 0 Å². The van der Waals surface area contributed by atoms with E-state index in [-0.39, 0.29) is 6.04 Å². The first-order valence-electron chi connectivity index (χ1n) is 6.23. The molecule has 0 spiro atoms. The maximum Gasteiger partial charge on any atom is 0.118 e. The van der Waals surface area contributed by atoms with Crippen molar-refractivity contribution in [2.45, 2.75) is 19.4 Å². The monoisotopic (exact) mass is 241 g/mol. The summed E-state index contributed by atoms with van der Waals surface area (Å²) in [5.41, 5.74) is 9.96. The summed E-state index contributed by atoms with van der Waals surface area (Å²) in [5.74, 6) is 0.856. The van der Waals surface area contributed by atoms with Crippen LogP contribution in [0, 0.1) is 0 Å². The molecule has 94 valence electrons. The zero-order valence-electron chi connectivity index (χ0n) is 10.9. The molecule has 0 aromatic heterocycles. The van der Waals surface area contributed by atoms with Gasteiger partial charge in [-0.3, -0.25) is 0 Å². The second-order valence-corrected chi connectivity index (χ2v) is 4.30. The van der Waals surface area contributed by atoms with Gasteiger partial charge in [-0.25, -0.2) is 0 Å². The van der Waals surface area contributed by atoms with Gasteiger partial charge in [-0.2, -0.15) is 0 Å². The Hall–Kier alpha value is -1.80. The summed E-state index contributed by atoms with van der Waals surface area (Å²) < 4.78 is 5.16. The lowest BCUT2D eigenvalue weighted by molar-refractivity contribution is 0.414. The van der Waals surface area contributed by atoms with Crippen molar-refractivity contribution in [1.82, 2.24) is 0 Å². The molecule has 0 radical (unpaired) electrons. The van der Waals surface area contributed by atoms with Crippen LogP contribution in [0.4, 0.5) is 0 Å². The summed E-state index contributed by atoms with van der Waals surface area (Å²) in [4.78, 5) is 0. The van der Waals surface area contributed by atoms with Gasteiger partial charge >= 0.3 is 0 Å². The standard InChI is InChI=1S/C16H19NO/c1-3-12-6-4-5-7-15(12)16(17)13-8-10-14(18-2)11-9-13/h4-11,16H,3,17H2,1-2H3. The number of hydrogen-bond donors (Lipinski definition) is 1. The molecule has 2 N–H and O–H groups in total. The first-order chi connectivity index (χ1) is 8.76. The van der Waals surface area contributed by atoms with Crippen LogP contribution in [0.15, 0.2) is 48.5 Å². The van der Waals surface area contributed by atoms with Crippen LogP contribution in [0.1, 0.15) is 29.7 Å². The van der Waals surface area contributed by atoms with Crippen LogP contribution in [0.5, 0.6) is 5.75 Å². The molecule has 2 aromatic carbocycles. The zero-order chi connectivity index (χ0) is 13.0. The van der Waals surface area contributed by atoms with E-state index in [9.17, 15) is 0 Å². The Morgan fingerprint density at radius 1 is 1.06 bits per heavy atom. The number of rotatable bonds is 4. The van der Waals surface area contributed by atoms with Gasteiger partial charge in [0.1, 0.15) is 5.75 Å². The van der Waals surface area contributed by atoms with E-state index >= 15 is 0 Å². The van der Waals surface area contributed by atoms with Gasteiger partial charge in [-0.1, -0.05) is 43.3 Å². The first kappa shape index (κ1) is 12.7. The number of nitrogens with two attached hydrogens (primary N) is 1. The topological polar surface area (TPSA) is 35.2 Å². The lowest BCUT2D eigenvalue weighted by atomic mass is 9.94. The van der Waals surface area contributed by atoms with Gasteiger partial charge in [0.25, 0.3) is 0 Å². The molecule has 0 amide bonds. The summed E-state index contributed by atoms with van der Waals surface area (Å²) >= 11 is 0. The maximum atomic E-state index is 6.34. The molecule has 2 rings (SSSR count). The number of benzene rings is 2. The highest BCUT2D eigenvalue weighted by atomic mass is 16.5. The lowest BCUT2D eigenvalue weighted by Crippen LogP contribution is -2.13. The van der Waals surface area contributed by atoms with E-state index in [1.165, 1.54) is 11.1 Å². The van der Waals surface area contributed by atoms with Crippen LogP contribution < -0.4 is 10.5 Å². The van der Waals surface area contributed by atoms with E-state index in [2.05, 4.69) is 25.1 Å². The Bertz CT molecular complexity index is 505. The normalized spacial score (nSPS) is 12.2. The van der Waals surface area contributed by atoms with Crippen LogP contribution in [0.3, 0.4) is 0 Å². The summed E-state index contributed by atoms with van der Waals surface area (Å²) in [6.07, 6.45) is 1.00. The molecule has 0 aliphatic carbocycles. The number of ether oxygens (including phenoxy) is 1. The highest BCUT2D eigenvalue weighted by Crippen LogP contribution is 2.24. The molecule has 18 heavy (non-hydrogen) atoms. The molecule has 0 heterocycles. The third kappa shape index (κ3) is 2.54. The molecule has 1 atom stereocenters. The Morgan fingerprint density at radius 2 is 1.72 bits per heavy atom. The highest BCUT2D eigenvalue weighted by Gasteiger charge is 2.11. The molecule has 0 bridgehead atoms. The van der Waals surface area contributed by atoms with Crippen molar-refractivity contribution >= 4 is 0 Å². The van der Waals surface area contributed by atoms with Crippen LogP contribution in [0.25, 0.3) is 0 Å². The second kappa shape index (κ2) is 5.69. The summed E-state index contributed by atoms with van der Waals surface area (Å²) in [7, 11) is 1.67. The van der Waals surface area contributed by atoms with Crippen molar-refractivity contribution < 1.29 is 4.74 Å². The molecule has 2 aromatic rings.